The highest BCUT2D eigenvalue weighted by Gasteiger charge is 2.28. The summed E-state index contributed by atoms with van der Waals surface area (Å²) >= 11 is 5.85. The Kier molecular flexibility index (Phi) is 5.80. The van der Waals surface area contributed by atoms with E-state index in [1.807, 2.05) is 0 Å². The van der Waals surface area contributed by atoms with E-state index in [0.29, 0.717) is 47.9 Å². The van der Waals surface area contributed by atoms with Crippen molar-refractivity contribution < 1.29 is 22.4 Å². The number of amides is 1. The Bertz CT molecular complexity index is 1200. The van der Waals surface area contributed by atoms with Crippen LogP contribution in [0.2, 0.25) is 5.02 Å². The molecule has 1 aliphatic rings. The number of hydrogen-bond acceptors (Lipinski definition) is 5. The van der Waals surface area contributed by atoms with Gasteiger partial charge in [0.05, 0.1) is 18.6 Å². The molecule has 1 aliphatic heterocycles. The van der Waals surface area contributed by atoms with Gasteiger partial charge in [0.1, 0.15) is 11.3 Å². The summed E-state index contributed by atoms with van der Waals surface area (Å²) in [5, 5.41) is 2.11. The van der Waals surface area contributed by atoms with E-state index in [-0.39, 0.29) is 17.4 Å². The second kappa shape index (κ2) is 8.51. The number of sulfonamides is 1. The second-order valence-electron chi connectivity index (χ2n) is 6.71. The van der Waals surface area contributed by atoms with Gasteiger partial charge in [-0.05, 0) is 35.9 Å². The number of furan rings is 1. The van der Waals surface area contributed by atoms with Gasteiger partial charge in [-0.25, -0.2) is 8.42 Å². The van der Waals surface area contributed by atoms with Crippen molar-refractivity contribution in [2.24, 2.45) is 0 Å². The average molecular weight is 447 g/mol. The van der Waals surface area contributed by atoms with Crippen LogP contribution >= 0.6 is 11.6 Å². The average Bonchev–Trinajstić information content (AvgIpc) is 3.11. The molecule has 0 radical (unpaired) electrons. The van der Waals surface area contributed by atoms with Gasteiger partial charge in [-0.15, -0.1) is 0 Å². The van der Waals surface area contributed by atoms with Crippen molar-refractivity contribution in [1.82, 2.24) is 4.90 Å². The highest BCUT2D eigenvalue weighted by molar-refractivity contribution is 7.95. The first-order chi connectivity index (χ1) is 14.4. The molecule has 1 saturated heterocycles. The first-order valence-corrected chi connectivity index (χ1v) is 11.2. The zero-order chi connectivity index (χ0) is 21.1. The lowest BCUT2D eigenvalue weighted by molar-refractivity contribution is 0.0285. The Morgan fingerprint density at radius 1 is 1.07 bits per heavy atom. The van der Waals surface area contributed by atoms with Crippen LogP contribution in [-0.4, -0.2) is 45.5 Å². The van der Waals surface area contributed by atoms with E-state index in [1.165, 1.54) is 6.08 Å². The molecule has 156 valence electrons. The third kappa shape index (κ3) is 4.51. The maximum atomic E-state index is 13.0. The molecule has 9 heteroatoms. The van der Waals surface area contributed by atoms with E-state index < -0.39 is 10.0 Å². The lowest BCUT2D eigenvalue weighted by atomic mass is 10.2. The van der Waals surface area contributed by atoms with E-state index in [9.17, 15) is 13.2 Å². The van der Waals surface area contributed by atoms with Crippen LogP contribution in [-0.2, 0) is 14.8 Å². The topological polar surface area (TPSA) is 88.8 Å². The molecule has 1 N–H and O–H groups in total. The number of benzene rings is 2. The van der Waals surface area contributed by atoms with Crippen LogP contribution in [0, 0.1) is 0 Å². The van der Waals surface area contributed by atoms with Gasteiger partial charge in [0.15, 0.2) is 0 Å². The molecule has 0 aliphatic carbocycles. The van der Waals surface area contributed by atoms with Crippen LogP contribution in [0.25, 0.3) is 17.0 Å². The summed E-state index contributed by atoms with van der Waals surface area (Å²) in [5.74, 6) is -0.421. The predicted molar refractivity (Wildman–Crippen MR) is 116 cm³/mol. The fraction of sp³-hybridized carbons (Fsp3) is 0.190. The summed E-state index contributed by atoms with van der Waals surface area (Å²) in [6, 6.07) is 13.6. The van der Waals surface area contributed by atoms with Crippen molar-refractivity contribution in [1.29, 1.82) is 0 Å². The fourth-order valence-electron chi connectivity index (χ4n) is 3.13. The van der Waals surface area contributed by atoms with Gasteiger partial charge < -0.3 is 14.1 Å². The molecule has 3 aromatic rings. The largest absolute Gasteiger partial charge is 0.449 e. The summed E-state index contributed by atoms with van der Waals surface area (Å²) in [4.78, 5) is 14.6. The van der Waals surface area contributed by atoms with Crippen molar-refractivity contribution in [2.75, 3.05) is 31.0 Å². The second-order valence-corrected chi connectivity index (χ2v) is 8.71. The molecular weight excluding hydrogens is 428 g/mol. The Morgan fingerprint density at radius 3 is 2.50 bits per heavy atom. The van der Waals surface area contributed by atoms with E-state index in [1.54, 1.807) is 53.4 Å². The molecule has 0 atom stereocenters. The summed E-state index contributed by atoms with van der Waals surface area (Å²) in [6.07, 6.45) is 1.45. The molecule has 2 heterocycles. The van der Waals surface area contributed by atoms with Crippen molar-refractivity contribution in [2.45, 2.75) is 0 Å². The Morgan fingerprint density at radius 2 is 1.77 bits per heavy atom. The predicted octanol–water partition coefficient (Wildman–Crippen LogP) is 3.97. The van der Waals surface area contributed by atoms with Gasteiger partial charge in [0.25, 0.3) is 15.9 Å². The first kappa shape index (κ1) is 20.5. The van der Waals surface area contributed by atoms with Crippen LogP contribution in [0.1, 0.15) is 16.1 Å². The number of para-hydroxylation sites is 1. The molecule has 1 fully saturated rings. The normalized spacial score (nSPS) is 15.0. The molecular formula is C21H19ClN2O5S. The minimum absolute atomic E-state index is 0.0402. The fourth-order valence-corrected chi connectivity index (χ4v) is 4.14. The van der Waals surface area contributed by atoms with Crippen LogP contribution in [0.4, 0.5) is 5.69 Å². The molecule has 1 amide bonds. The Balaban J connectivity index is 1.66. The van der Waals surface area contributed by atoms with Gasteiger partial charge in [0, 0.05) is 23.5 Å². The van der Waals surface area contributed by atoms with Crippen LogP contribution in [0.3, 0.4) is 0 Å². The standard InChI is InChI=1S/C21H19ClN2O5S/c22-16-7-5-15(6-8-16)9-14-30(26,27)23-19-17-3-1-2-4-18(17)29-20(19)21(25)24-10-12-28-13-11-24/h1-9,14,23H,10-13H2/b14-9+. The van der Waals surface area contributed by atoms with Crippen LogP contribution < -0.4 is 4.72 Å². The molecule has 0 unspecified atom stereocenters. The summed E-state index contributed by atoms with van der Waals surface area (Å²) < 4.78 is 39.0. The number of ether oxygens (including phenoxy) is 1. The summed E-state index contributed by atoms with van der Waals surface area (Å²) in [6.45, 7) is 1.69. The molecule has 0 spiro atoms. The lowest BCUT2D eigenvalue weighted by Crippen LogP contribution is -2.40. The van der Waals surface area contributed by atoms with Crippen LogP contribution in [0.5, 0.6) is 0 Å². The van der Waals surface area contributed by atoms with E-state index in [0.717, 1.165) is 5.41 Å². The smallest absolute Gasteiger partial charge is 0.291 e. The number of anilines is 1. The minimum atomic E-state index is -3.91. The number of carbonyl (C=O) groups is 1. The van der Waals surface area contributed by atoms with Gasteiger partial charge >= 0.3 is 0 Å². The van der Waals surface area contributed by atoms with Gasteiger partial charge in [0.2, 0.25) is 5.76 Å². The molecule has 2 aromatic carbocycles. The van der Waals surface area contributed by atoms with Crippen molar-refractivity contribution >= 4 is 50.3 Å². The zero-order valence-corrected chi connectivity index (χ0v) is 17.4. The SMILES string of the molecule is O=C(c1oc2ccccc2c1NS(=O)(=O)/C=C/c1ccc(Cl)cc1)N1CCOCC1. The minimum Gasteiger partial charge on any atom is -0.449 e. The quantitative estimate of drug-likeness (QED) is 0.640. The zero-order valence-electron chi connectivity index (χ0n) is 15.9. The number of hydrogen-bond donors (Lipinski definition) is 1. The van der Waals surface area contributed by atoms with E-state index in [2.05, 4.69) is 4.72 Å². The van der Waals surface area contributed by atoms with Crippen LogP contribution in [0.15, 0.2) is 58.4 Å². The summed E-state index contributed by atoms with van der Waals surface area (Å²) in [7, 11) is -3.91. The molecule has 0 saturated carbocycles. The highest BCUT2D eigenvalue weighted by atomic mass is 35.5. The molecule has 4 rings (SSSR count). The van der Waals surface area contributed by atoms with Crippen molar-refractivity contribution in [3.8, 4) is 0 Å². The molecule has 1 aromatic heterocycles. The first-order valence-electron chi connectivity index (χ1n) is 9.28. The number of nitrogens with one attached hydrogen (secondary N) is 1. The van der Waals surface area contributed by atoms with Crippen molar-refractivity contribution in [3.05, 3.63) is 70.3 Å². The Labute approximate surface area is 178 Å². The number of nitrogens with zero attached hydrogens (tertiary/aromatic N) is 1. The monoisotopic (exact) mass is 446 g/mol. The third-order valence-corrected chi connectivity index (χ3v) is 5.88. The number of morpholine rings is 1. The third-order valence-electron chi connectivity index (χ3n) is 4.64. The highest BCUT2D eigenvalue weighted by Crippen LogP contribution is 2.33. The van der Waals surface area contributed by atoms with Gasteiger partial charge in [-0.3, -0.25) is 9.52 Å². The van der Waals surface area contributed by atoms with E-state index in [4.69, 9.17) is 20.8 Å². The molecule has 30 heavy (non-hydrogen) atoms. The molecule has 7 nitrogen and oxygen atoms in total. The number of fused-ring (bicyclic) bond motifs is 1. The lowest BCUT2D eigenvalue weighted by Gasteiger charge is -2.26. The number of carbonyl (C=O) groups excluding carboxylic acids is 1. The van der Waals surface area contributed by atoms with Gasteiger partial charge in [-0.2, -0.15) is 0 Å². The van der Waals surface area contributed by atoms with Crippen molar-refractivity contribution in [3.63, 3.8) is 0 Å². The maximum Gasteiger partial charge on any atom is 0.291 e. The maximum absolute atomic E-state index is 13.0. The number of halogens is 1. The van der Waals surface area contributed by atoms with Gasteiger partial charge in [-0.1, -0.05) is 35.9 Å². The Hall–Kier alpha value is -2.81. The summed E-state index contributed by atoms with van der Waals surface area (Å²) in [5.41, 5.74) is 1.22. The van der Waals surface area contributed by atoms with E-state index >= 15 is 0 Å². The molecule has 0 bridgehead atoms. The number of rotatable bonds is 5.